The summed E-state index contributed by atoms with van der Waals surface area (Å²) in [5.41, 5.74) is 0. The van der Waals surface area contributed by atoms with Crippen molar-refractivity contribution in [2.24, 2.45) is 0 Å². The highest BCUT2D eigenvalue weighted by Crippen LogP contribution is 2.29. The summed E-state index contributed by atoms with van der Waals surface area (Å²) in [6.45, 7) is 0.693. The second kappa shape index (κ2) is 20.4. The Morgan fingerprint density at radius 1 is 0.610 bits per heavy atom. The molecular formula is C27H52O14. The van der Waals surface area contributed by atoms with E-state index in [-0.39, 0.29) is 13.2 Å². The van der Waals surface area contributed by atoms with Gasteiger partial charge in [0.05, 0.1) is 26.4 Å². The van der Waals surface area contributed by atoms with Crippen molar-refractivity contribution in [3.05, 3.63) is 0 Å². The lowest BCUT2D eigenvalue weighted by Crippen LogP contribution is -2.64. The fourth-order valence-corrected chi connectivity index (χ4v) is 4.78. The number of aliphatic hydroxyl groups is 8. The van der Waals surface area contributed by atoms with Gasteiger partial charge in [-0.05, 0) is 6.42 Å². The second-order valence-corrected chi connectivity index (χ2v) is 10.8. The van der Waals surface area contributed by atoms with Crippen LogP contribution in [0, 0.1) is 0 Å². The summed E-state index contributed by atoms with van der Waals surface area (Å²) in [5.74, 6) is 0. The van der Waals surface area contributed by atoms with Crippen LogP contribution in [-0.4, -0.2) is 141 Å². The summed E-state index contributed by atoms with van der Waals surface area (Å²) < 4.78 is 21.6. The lowest BCUT2D eigenvalue weighted by Gasteiger charge is -2.46. The smallest absolute Gasteiger partial charge is 0.187 e. The van der Waals surface area contributed by atoms with Crippen molar-refractivity contribution in [2.75, 3.05) is 33.0 Å². The molecule has 8 N–H and O–H groups in total. The van der Waals surface area contributed by atoms with E-state index >= 15 is 0 Å². The number of ether oxygens (including phenoxy) is 4. The van der Waals surface area contributed by atoms with Crippen molar-refractivity contribution in [3.8, 4) is 0 Å². The van der Waals surface area contributed by atoms with E-state index in [0.29, 0.717) is 6.61 Å². The number of hydrogen-bond donors (Lipinski definition) is 8. The molecule has 0 amide bonds. The van der Waals surface area contributed by atoms with Crippen LogP contribution in [0.4, 0.5) is 0 Å². The van der Waals surface area contributed by atoms with E-state index in [1.54, 1.807) is 0 Å². The average molecular weight is 601 g/mol. The van der Waals surface area contributed by atoms with E-state index in [0.717, 1.165) is 19.3 Å². The summed E-state index contributed by atoms with van der Waals surface area (Å²) in [5, 5.41) is 80.4. The molecule has 0 aromatic carbocycles. The van der Waals surface area contributed by atoms with Crippen LogP contribution in [0.5, 0.6) is 0 Å². The van der Waals surface area contributed by atoms with E-state index in [4.69, 9.17) is 28.7 Å². The minimum Gasteiger partial charge on any atom is -0.394 e. The normalized spacial score (nSPS) is 35.0. The summed E-state index contributed by atoms with van der Waals surface area (Å²) >= 11 is 0. The van der Waals surface area contributed by atoms with Gasteiger partial charge in [-0.25, -0.2) is 9.78 Å². The molecule has 2 rings (SSSR count). The van der Waals surface area contributed by atoms with Crippen LogP contribution in [-0.2, 0) is 28.7 Å². The molecule has 1 unspecified atom stereocenters. The van der Waals surface area contributed by atoms with Crippen LogP contribution in [0.2, 0.25) is 0 Å². The van der Waals surface area contributed by atoms with E-state index < -0.39 is 80.7 Å². The molecule has 2 heterocycles. The van der Waals surface area contributed by atoms with Gasteiger partial charge in [0.15, 0.2) is 12.6 Å². The first-order chi connectivity index (χ1) is 19.7. The van der Waals surface area contributed by atoms with Crippen LogP contribution in [0.3, 0.4) is 0 Å². The van der Waals surface area contributed by atoms with Crippen molar-refractivity contribution in [1.29, 1.82) is 0 Å². The van der Waals surface area contributed by atoms with Crippen LogP contribution in [0.25, 0.3) is 0 Å². The van der Waals surface area contributed by atoms with Gasteiger partial charge in [0.1, 0.15) is 61.5 Å². The van der Waals surface area contributed by atoms with Gasteiger partial charge < -0.3 is 59.8 Å². The van der Waals surface area contributed by atoms with Gasteiger partial charge >= 0.3 is 0 Å². The maximum Gasteiger partial charge on any atom is 0.187 e. The largest absolute Gasteiger partial charge is 0.394 e. The lowest BCUT2D eigenvalue weighted by molar-refractivity contribution is -0.361. The zero-order valence-corrected chi connectivity index (χ0v) is 24.0. The fraction of sp³-hybridized carbons (Fsp3) is 1.00. The Morgan fingerprint density at radius 3 is 1.78 bits per heavy atom. The molecule has 0 bridgehead atoms. The molecule has 2 saturated heterocycles. The van der Waals surface area contributed by atoms with E-state index in [1.165, 1.54) is 44.9 Å². The van der Waals surface area contributed by atoms with E-state index in [1.807, 2.05) is 0 Å². The first-order valence-electron chi connectivity index (χ1n) is 14.9. The molecule has 0 saturated carbocycles. The third-order valence-electron chi connectivity index (χ3n) is 7.34. The fourth-order valence-electron chi connectivity index (χ4n) is 4.78. The average Bonchev–Trinajstić information content (AvgIpc) is 2.97. The molecule has 244 valence electrons. The molecule has 2 fully saturated rings. The van der Waals surface area contributed by atoms with Crippen LogP contribution >= 0.6 is 0 Å². The number of unbranched alkanes of at least 4 members (excludes halogenated alkanes) is 9. The summed E-state index contributed by atoms with van der Waals surface area (Å²) in [6.07, 6.45) is -4.63. The third-order valence-corrected chi connectivity index (χ3v) is 7.34. The predicted octanol–water partition coefficient (Wildman–Crippen LogP) is -1.14. The quantitative estimate of drug-likeness (QED) is 0.0444. The van der Waals surface area contributed by atoms with Crippen molar-refractivity contribution < 1.29 is 69.6 Å². The summed E-state index contributed by atoms with van der Waals surface area (Å²) in [7, 11) is 0. The Bertz CT molecular complexity index is 656. The first kappa shape index (κ1) is 36.6. The van der Waals surface area contributed by atoms with Crippen molar-refractivity contribution in [2.45, 2.75) is 139 Å². The Hall–Kier alpha value is -0.560. The number of aliphatic hydroxyl groups excluding tert-OH is 8. The molecule has 14 nitrogen and oxygen atoms in total. The topological polar surface area (TPSA) is 217 Å². The number of rotatable bonds is 21. The zero-order valence-electron chi connectivity index (χ0n) is 24.0. The minimum atomic E-state index is -1.76. The second-order valence-electron chi connectivity index (χ2n) is 10.8. The highest BCUT2D eigenvalue weighted by molar-refractivity contribution is 4.94. The Kier molecular flexibility index (Phi) is 18.2. The van der Waals surface area contributed by atoms with Crippen LogP contribution in [0.1, 0.15) is 71.1 Å². The lowest BCUT2D eigenvalue weighted by atomic mass is 9.97. The van der Waals surface area contributed by atoms with Gasteiger partial charge in [0.2, 0.25) is 0 Å². The Labute approximate surface area is 241 Å². The SMILES string of the molecule is CCCCCCCCCCCCOOCC(O)CO[C@@H]1O[C@H](CO)[C@@H](O[C@H]2O[C@H](CO)[C@@H](O)[C@H](O)[C@H]2O)[C@H](O)[C@H]1O. The highest BCUT2D eigenvalue weighted by Gasteiger charge is 2.50. The molecule has 2 aliphatic rings. The molecule has 0 aromatic heterocycles. The molecular weight excluding hydrogens is 548 g/mol. The maximum absolute atomic E-state index is 10.6. The summed E-state index contributed by atoms with van der Waals surface area (Å²) in [6, 6.07) is 0. The first-order valence-corrected chi connectivity index (χ1v) is 14.9. The molecule has 0 aromatic rings. The molecule has 11 atom stereocenters. The zero-order chi connectivity index (χ0) is 30.2. The van der Waals surface area contributed by atoms with Crippen molar-refractivity contribution in [1.82, 2.24) is 0 Å². The summed E-state index contributed by atoms with van der Waals surface area (Å²) in [4.78, 5) is 10.1. The van der Waals surface area contributed by atoms with Gasteiger partial charge in [-0.1, -0.05) is 64.7 Å². The molecule has 0 radical (unpaired) electrons. The maximum atomic E-state index is 10.6. The van der Waals surface area contributed by atoms with Crippen molar-refractivity contribution in [3.63, 3.8) is 0 Å². The van der Waals surface area contributed by atoms with Crippen LogP contribution in [0.15, 0.2) is 0 Å². The molecule has 14 heteroatoms. The molecule has 2 aliphatic heterocycles. The van der Waals surface area contributed by atoms with Crippen LogP contribution < -0.4 is 0 Å². The third kappa shape index (κ3) is 12.2. The van der Waals surface area contributed by atoms with Gasteiger partial charge in [-0.15, -0.1) is 0 Å². The monoisotopic (exact) mass is 600 g/mol. The van der Waals surface area contributed by atoms with Gasteiger partial charge in [-0.2, -0.15) is 0 Å². The molecule has 0 aliphatic carbocycles. The van der Waals surface area contributed by atoms with Gasteiger partial charge in [0, 0.05) is 0 Å². The number of hydrogen-bond acceptors (Lipinski definition) is 14. The van der Waals surface area contributed by atoms with Crippen molar-refractivity contribution >= 4 is 0 Å². The van der Waals surface area contributed by atoms with E-state index in [9.17, 15) is 40.9 Å². The minimum absolute atomic E-state index is 0.199. The Morgan fingerprint density at radius 2 is 1.17 bits per heavy atom. The predicted molar refractivity (Wildman–Crippen MR) is 142 cm³/mol. The molecule has 41 heavy (non-hydrogen) atoms. The standard InChI is InChI=1S/C27H52O14/c1-2-3-4-5-6-7-8-9-10-11-12-37-38-16-17(30)15-36-26-24(35)22(33)25(19(14-29)40-26)41-27-23(34)21(32)20(31)18(13-28)39-27/h17-35H,2-16H2,1H3/t17?,18-,19-,20-,21+,22-,23-,24-,25-,26-,27-/m1/s1. The highest BCUT2D eigenvalue weighted by atomic mass is 17.2. The van der Waals surface area contributed by atoms with Gasteiger partial charge in [-0.3, -0.25) is 0 Å². The van der Waals surface area contributed by atoms with Gasteiger partial charge in [0.25, 0.3) is 0 Å². The van der Waals surface area contributed by atoms with E-state index in [2.05, 4.69) is 6.92 Å². The molecule has 0 spiro atoms. The Balaban J connectivity index is 1.64.